The Morgan fingerprint density at radius 2 is 2.31 bits per heavy atom. The largest absolute Gasteiger partial charge is 0.377 e. The van der Waals surface area contributed by atoms with Crippen LogP contribution in [0.25, 0.3) is 0 Å². The van der Waals surface area contributed by atoms with Crippen molar-refractivity contribution in [3.8, 4) is 0 Å². The van der Waals surface area contributed by atoms with Gasteiger partial charge < -0.3 is 10.2 Å². The molecule has 5 heteroatoms. The molecule has 0 aromatic carbocycles. The number of aryl methyl sites for hydroxylation is 2. The van der Waals surface area contributed by atoms with E-state index in [1.807, 2.05) is 20.9 Å². The van der Waals surface area contributed by atoms with Crippen molar-refractivity contribution < 1.29 is 4.74 Å². The SMILES string of the molecule is CCOCc1c(C)nn(C)c1NN. The predicted molar refractivity (Wildman–Crippen MR) is 51.1 cm³/mol. The van der Waals surface area contributed by atoms with E-state index in [9.17, 15) is 0 Å². The number of hydrogen-bond donors (Lipinski definition) is 2. The molecule has 74 valence electrons. The molecule has 0 aliphatic heterocycles. The van der Waals surface area contributed by atoms with Crippen molar-refractivity contribution in [1.82, 2.24) is 9.78 Å². The minimum atomic E-state index is 0.551. The third kappa shape index (κ3) is 1.99. The standard InChI is InChI=1S/C8H16N4O/c1-4-13-5-7-6(2)11-12(3)8(7)10-9/h10H,4-5,9H2,1-3H3. The molecule has 5 nitrogen and oxygen atoms in total. The van der Waals surface area contributed by atoms with Crippen molar-refractivity contribution >= 4 is 5.82 Å². The number of aromatic nitrogens is 2. The molecule has 1 heterocycles. The van der Waals surface area contributed by atoms with Crippen molar-refractivity contribution in [2.75, 3.05) is 12.0 Å². The van der Waals surface area contributed by atoms with Crippen LogP contribution in [-0.2, 0) is 18.4 Å². The summed E-state index contributed by atoms with van der Waals surface area (Å²) in [6.07, 6.45) is 0. The van der Waals surface area contributed by atoms with Gasteiger partial charge >= 0.3 is 0 Å². The van der Waals surface area contributed by atoms with Crippen LogP contribution in [0, 0.1) is 6.92 Å². The number of nitrogens with one attached hydrogen (secondary N) is 1. The summed E-state index contributed by atoms with van der Waals surface area (Å²) < 4.78 is 7.02. The molecule has 0 spiro atoms. The molecule has 0 unspecified atom stereocenters. The van der Waals surface area contributed by atoms with Gasteiger partial charge in [-0.3, -0.25) is 4.68 Å². The first-order valence-electron chi connectivity index (χ1n) is 4.27. The van der Waals surface area contributed by atoms with Gasteiger partial charge in [-0.2, -0.15) is 5.10 Å². The van der Waals surface area contributed by atoms with Gasteiger partial charge in [0.2, 0.25) is 0 Å². The van der Waals surface area contributed by atoms with E-state index < -0.39 is 0 Å². The summed E-state index contributed by atoms with van der Waals surface area (Å²) in [5.74, 6) is 6.18. The maximum absolute atomic E-state index is 5.37. The summed E-state index contributed by atoms with van der Waals surface area (Å²) >= 11 is 0. The lowest BCUT2D eigenvalue weighted by Crippen LogP contribution is -2.13. The smallest absolute Gasteiger partial charge is 0.143 e. The Hall–Kier alpha value is -1.07. The number of nitrogens with two attached hydrogens (primary N) is 1. The Morgan fingerprint density at radius 3 is 2.85 bits per heavy atom. The van der Waals surface area contributed by atoms with Gasteiger partial charge in [0.25, 0.3) is 0 Å². The third-order valence-corrected chi connectivity index (χ3v) is 1.93. The monoisotopic (exact) mass is 184 g/mol. The van der Waals surface area contributed by atoms with Crippen LogP contribution in [0.2, 0.25) is 0 Å². The quantitative estimate of drug-likeness (QED) is 0.530. The Labute approximate surface area is 77.8 Å². The van der Waals surface area contributed by atoms with E-state index in [0.29, 0.717) is 13.2 Å². The van der Waals surface area contributed by atoms with Gasteiger partial charge in [-0.15, -0.1) is 0 Å². The van der Waals surface area contributed by atoms with Crippen LogP contribution in [-0.4, -0.2) is 16.4 Å². The first-order chi connectivity index (χ1) is 6.20. The molecule has 0 radical (unpaired) electrons. The van der Waals surface area contributed by atoms with Crippen molar-refractivity contribution in [1.29, 1.82) is 0 Å². The second-order valence-corrected chi connectivity index (χ2v) is 2.82. The van der Waals surface area contributed by atoms with Crippen molar-refractivity contribution in [2.45, 2.75) is 20.5 Å². The fourth-order valence-electron chi connectivity index (χ4n) is 1.26. The molecule has 0 atom stereocenters. The molecule has 0 amide bonds. The van der Waals surface area contributed by atoms with Crippen LogP contribution in [0.1, 0.15) is 18.2 Å². The minimum absolute atomic E-state index is 0.551. The molecule has 0 aliphatic carbocycles. The van der Waals surface area contributed by atoms with Crippen LogP contribution < -0.4 is 11.3 Å². The molecular weight excluding hydrogens is 168 g/mol. The highest BCUT2D eigenvalue weighted by molar-refractivity contribution is 5.45. The number of ether oxygens (including phenoxy) is 1. The number of hydrogen-bond acceptors (Lipinski definition) is 4. The first kappa shape index (κ1) is 10.0. The average molecular weight is 184 g/mol. The molecule has 3 N–H and O–H groups in total. The summed E-state index contributed by atoms with van der Waals surface area (Å²) in [5.41, 5.74) is 4.58. The highest BCUT2D eigenvalue weighted by atomic mass is 16.5. The van der Waals surface area contributed by atoms with Crippen LogP contribution in [0.5, 0.6) is 0 Å². The van der Waals surface area contributed by atoms with Gasteiger partial charge in [0.1, 0.15) is 5.82 Å². The average Bonchev–Trinajstić information content (AvgIpc) is 2.37. The minimum Gasteiger partial charge on any atom is -0.377 e. The predicted octanol–water partition coefficient (Wildman–Crippen LogP) is 0.551. The molecule has 0 fully saturated rings. The van der Waals surface area contributed by atoms with Crippen LogP contribution in [0.3, 0.4) is 0 Å². The van der Waals surface area contributed by atoms with E-state index in [0.717, 1.165) is 17.1 Å². The topological polar surface area (TPSA) is 65.1 Å². The van der Waals surface area contributed by atoms with Gasteiger partial charge in [0, 0.05) is 19.2 Å². The van der Waals surface area contributed by atoms with E-state index in [-0.39, 0.29) is 0 Å². The molecule has 1 rings (SSSR count). The number of rotatable bonds is 4. The Kier molecular flexibility index (Phi) is 3.27. The van der Waals surface area contributed by atoms with Crippen molar-refractivity contribution in [3.05, 3.63) is 11.3 Å². The third-order valence-electron chi connectivity index (χ3n) is 1.93. The van der Waals surface area contributed by atoms with E-state index in [1.54, 1.807) is 4.68 Å². The summed E-state index contributed by atoms with van der Waals surface area (Å²) in [7, 11) is 1.84. The van der Waals surface area contributed by atoms with Gasteiger partial charge in [-0.25, -0.2) is 5.84 Å². The maximum atomic E-state index is 5.37. The highest BCUT2D eigenvalue weighted by Gasteiger charge is 2.11. The second kappa shape index (κ2) is 4.25. The molecule has 0 aliphatic rings. The van der Waals surface area contributed by atoms with Crippen molar-refractivity contribution in [3.63, 3.8) is 0 Å². The molecular formula is C8H16N4O. The molecule has 13 heavy (non-hydrogen) atoms. The van der Waals surface area contributed by atoms with Crippen LogP contribution in [0.4, 0.5) is 5.82 Å². The number of hydrazine groups is 1. The summed E-state index contributed by atoms with van der Waals surface area (Å²) in [6.45, 7) is 5.14. The summed E-state index contributed by atoms with van der Waals surface area (Å²) in [5, 5.41) is 4.23. The Bertz CT molecular complexity index is 282. The zero-order valence-electron chi connectivity index (χ0n) is 8.29. The summed E-state index contributed by atoms with van der Waals surface area (Å²) in [4.78, 5) is 0. The first-order valence-corrected chi connectivity index (χ1v) is 4.27. The Balaban J connectivity index is 2.89. The van der Waals surface area contributed by atoms with Crippen molar-refractivity contribution in [2.24, 2.45) is 12.9 Å². The number of anilines is 1. The molecule has 0 bridgehead atoms. The second-order valence-electron chi connectivity index (χ2n) is 2.82. The number of nitrogens with zero attached hydrogens (tertiary/aromatic N) is 2. The van der Waals surface area contributed by atoms with Gasteiger partial charge in [0.15, 0.2) is 0 Å². The van der Waals surface area contributed by atoms with Crippen LogP contribution >= 0.6 is 0 Å². The van der Waals surface area contributed by atoms with E-state index >= 15 is 0 Å². The maximum Gasteiger partial charge on any atom is 0.143 e. The number of nitrogen functional groups attached to an aromatic ring is 1. The molecule has 0 saturated carbocycles. The van der Waals surface area contributed by atoms with Gasteiger partial charge in [-0.05, 0) is 13.8 Å². The van der Waals surface area contributed by atoms with Gasteiger partial charge in [0.05, 0.1) is 12.3 Å². The lowest BCUT2D eigenvalue weighted by molar-refractivity contribution is 0.134. The lowest BCUT2D eigenvalue weighted by atomic mass is 10.2. The molecule has 1 aromatic rings. The zero-order valence-corrected chi connectivity index (χ0v) is 8.29. The Morgan fingerprint density at radius 1 is 1.62 bits per heavy atom. The summed E-state index contributed by atoms with van der Waals surface area (Å²) in [6, 6.07) is 0. The van der Waals surface area contributed by atoms with E-state index in [2.05, 4.69) is 10.5 Å². The van der Waals surface area contributed by atoms with Gasteiger partial charge in [-0.1, -0.05) is 0 Å². The fraction of sp³-hybridized carbons (Fsp3) is 0.625. The fourth-order valence-corrected chi connectivity index (χ4v) is 1.26. The molecule has 0 saturated heterocycles. The highest BCUT2D eigenvalue weighted by Crippen LogP contribution is 2.18. The zero-order chi connectivity index (χ0) is 9.84. The van der Waals surface area contributed by atoms with Crippen LogP contribution in [0.15, 0.2) is 0 Å². The normalized spacial score (nSPS) is 10.5. The van der Waals surface area contributed by atoms with E-state index in [1.165, 1.54) is 0 Å². The molecule has 1 aromatic heterocycles. The lowest BCUT2D eigenvalue weighted by Gasteiger charge is -2.04. The van der Waals surface area contributed by atoms with E-state index in [4.69, 9.17) is 10.6 Å².